The molecule has 3 aromatic carbocycles. The van der Waals surface area contributed by atoms with E-state index in [1.54, 1.807) is 42.3 Å². The maximum atomic E-state index is 14.0. The van der Waals surface area contributed by atoms with Crippen molar-refractivity contribution in [2.75, 3.05) is 20.0 Å². The summed E-state index contributed by atoms with van der Waals surface area (Å²) in [4.78, 5) is 27.7. The highest BCUT2D eigenvalue weighted by atomic mass is 35.5. The Morgan fingerprint density at radius 3 is 2.57 bits per heavy atom. The largest absolute Gasteiger partial charge is 0.493 e. The zero-order chi connectivity index (χ0) is 32.8. The second-order valence-corrected chi connectivity index (χ2v) is 12.8. The standard InChI is InChI=1S/C34H31ClN6O4S2/c1-44-28-14-7-13-25(33(28)45-2)27-19-26(29-15-8-16-46-29)39-41(27)32(43)21-47-34-38-37-30(40(34)24-12-6-11-23(35)18-24)20-36-31(42)17-22-9-4-3-5-10-22/h3-16,18,27H,17,19-21H2,1-2H3,(H,36,42)/t27-/m0/s1. The monoisotopic (exact) mass is 686 g/mol. The van der Waals surface area contributed by atoms with Gasteiger partial charge in [-0.1, -0.05) is 78.0 Å². The van der Waals surface area contributed by atoms with Gasteiger partial charge in [0, 0.05) is 17.0 Å². The van der Waals surface area contributed by atoms with Crippen LogP contribution < -0.4 is 14.8 Å². The third-order valence-corrected chi connectivity index (χ3v) is 9.57. The van der Waals surface area contributed by atoms with Gasteiger partial charge in [0.25, 0.3) is 5.91 Å². The van der Waals surface area contributed by atoms with Crippen molar-refractivity contribution in [3.63, 3.8) is 0 Å². The van der Waals surface area contributed by atoms with Crippen LogP contribution in [0.15, 0.2) is 101 Å². The number of carbonyl (C=O) groups is 2. The zero-order valence-electron chi connectivity index (χ0n) is 25.6. The van der Waals surface area contributed by atoms with Crippen LogP contribution in [0.2, 0.25) is 5.02 Å². The van der Waals surface area contributed by atoms with Crippen LogP contribution in [0.3, 0.4) is 0 Å². The summed E-state index contributed by atoms with van der Waals surface area (Å²) in [5.74, 6) is 1.32. The Morgan fingerprint density at radius 1 is 1.00 bits per heavy atom. The number of methoxy groups -OCH3 is 2. The number of halogens is 1. The molecule has 0 bridgehead atoms. The Hall–Kier alpha value is -4.65. The summed E-state index contributed by atoms with van der Waals surface area (Å²) in [6.45, 7) is 0.137. The van der Waals surface area contributed by atoms with Crippen molar-refractivity contribution in [3.8, 4) is 17.2 Å². The van der Waals surface area contributed by atoms with Gasteiger partial charge in [0.1, 0.15) is 0 Å². The Morgan fingerprint density at radius 2 is 1.83 bits per heavy atom. The van der Waals surface area contributed by atoms with E-state index < -0.39 is 6.04 Å². The highest BCUT2D eigenvalue weighted by Crippen LogP contribution is 2.42. The second kappa shape index (κ2) is 14.8. The van der Waals surface area contributed by atoms with Crippen molar-refractivity contribution < 1.29 is 19.1 Å². The van der Waals surface area contributed by atoms with Crippen LogP contribution in [0.25, 0.3) is 5.69 Å². The lowest BCUT2D eigenvalue weighted by molar-refractivity contribution is -0.130. The Labute approximate surface area is 285 Å². The van der Waals surface area contributed by atoms with E-state index in [1.165, 1.54) is 16.8 Å². The van der Waals surface area contributed by atoms with Gasteiger partial charge >= 0.3 is 0 Å². The summed E-state index contributed by atoms with van der Waals surface area (Å²) in [5.41, 5.74) is 3.25. The fourth-order valence-electron chi connectivity index (χ4n) is 5.35. The first kappa shape index (κ1) is 32.3. The van der Waals surface area contributed by atoms with Gasteiger partial charge in [-0.05, 0) is 41.3 Å². The third-order valence-electron chi connectivity index (χ3n) is 7.51. The molecule has 0 saturated heterocycles. The number of ether oxygens (including phenoxy) is 2. The van der Waals surface area contributed by atoms with Gasteiger partial charge in [-0.15, -0.1) is 21.5 Å². The van der Waals surface area contributed by atoms with Gasteiger partial charge in [-0.25, -0.2) is 5.01 Å². The van der Waals surface area contributed by atoms with Gasteiger partial charge in [-0.3, -0.25) is 14.2 Å². The minimum atomic E-state index is -0.397. The highest BCUT2D eigenvalue weighted by molar-refractivity contribution is 7.99. The lowest BCUT2D eigenvalue weighted by atomic mass is 9.99. The topological polar surface area (TPSA) is 111 Å². The summed E-state index contributed by atoms with van der Waals surface area (Å²) >= 11 is 9.16. The molecule has 47 heavy (non-hydrogen) atoms. The summed E-state index contributed by atoms with van der Waals surface area (Å²) in [6, 6.07) is 26.0. The maximum absolute atomic E-state index is 14.0. The predicted octanol–water partition coefficient (Wildman–Crippen LogP) is 6.33. The molecule has 0 saturated carbocycles. The summed E-state index contributed by atoms with van der Waals surface area (Å²) < 4.78 is 13.1. The first-order valence-corrected chi connectivity index (χ1v) is 17.0. The van der Waals surface area contributed by atoms with Crippen molar-refractivity contribution in [1.82, 2.24) is 25.1 Å². The van der Waals surface area contributed by atoms with Gasteiger partial charge in [0.05, 0.1) is 55.3 Å². The van der Waals surface area contributed by atoms with Crippen LogP contribution in [0.5, 0.6) is 11.5 Å². The smallest absolute Gasteiger partial charge is 0.253 e. The lowest BCUT2D eigenvalue weighted by Gasteiger charge is -2.24. The van der Waals surface area contributed by atoms with E-state index in [1.807, 2.05) is 78.2 Å². The van der Waals surface area contributed by atoms with Gasteiger partial charge in [-0.2, -0.15) is 5.10 Å². The molecule has 13 heteroatoms. The number of thiophene rings is 1. The summed E-state index contributed by atoms with van der Waals surface area (Å²) in [5, 5.41) is 21.1. The number of benzene rings is 3. The van der Waals surface area contributed by atoms with Crippen molar-refractivity contribution in [2.24, 2.45) is 5.10 Å². The average Bonchev–Trinajstić information content (AvgIpc) is 3.86. The van der Waals surface area contributed by atoms with Crippen LogP contribution in [-0.2, 0) is 22.6 Å². The van der Waals surface area contributed by atoms with E-state index >= 15 is 0 Å². The van der Waals surface area contributed by atoms with E-state index in [-0.39, 0.29) is 30.5 Å². The molecule has 0 radical (unpaired) electrons. The van der Waals surface area contributed by atoms with Crippen LogP contribution in [0, 0.1) is 0 Å². The molecule has 0 fully saturated rings. The molecular weight excluding hydrogens is 656 g/mol. The quantitative estimate of drug-likeness (QED) is 0.153. The molecule has 0 spiro atoms. The number of nitrogens with one attached hydrogen (secondary N) is 1. The Balaban J connectivity index is 1.24. The zero-order valence-corrected chi connectivity index (χ0v) is 28.0. The van der Waals surface area contributed by atoms with Crippen molar-refractivity contribution >= 4 is 52.2 Å². The third kappa shape index (κ3) is 7.35. The van der Waals surface area contributed by atoms with Crippen LogP contribution in [-0.4, -0.2) is 57.3 Å². The van der Waals surface area contributed by atoms with E-state index in [0.717, 1.165) is 21.7 Å². The fourth-order valence-corrected chi connectivity index (χ4v) is 7.07. The molecule has 10 nitrogen and oxygen atoms in total. The number of aromatic nitrogens is 3. The molecule has 5 aromatic rings. The molecule has 1 N–H and O–H groups in total. The van der Waals surface area contributed by atoms with Gasteiger partial charge < -0.3 is 14.8 Å². The first-order chi connectivity index (χ1) is 22.9. The fraction of sp³-hybridized carbons (Fsp3) is 0.206. The van der Waals surface area contributed by atoms with Gasteiger partial charge in [0.2, 0.25) is 5.91 Å². The lowest BCUT2D eigenvalue weighted by Crippen LogP contribution is -2.29. The van der Waals surface area contributed by atoms with Crippen LogP contribution in [0.4, 0.5) is 0 Å². The molecule has 2 aromatic heterocycles. The maximum Gasteiger partial charge on any atom is 0.253 e. The molecule has 1 aliphatic rings. The van der Waals surface area contributed by atoms with E-state index in [2.05, 4.69) is 15.5 Å². The molecule has 240 valence electrons. The number of rotatable bonds is 12. The first-order valence-electron chi connectivity index (χ1n) is 14.7. The number of carbonyl (C=O) groups excluding carboxylic acids is 2. The second-order valence-electron chi connectivity index (χ2n) is 10.5. The Bertz CT molecular complexity index is 1900. The molecule has 1 atom stereocenters. The molecule has 1 aliphatic heterocycles. The number of hydrazone groups is 1. The van der Waals surface area contributed by atoms with Crippen LogP contribution in [0.1, 0.15) is 34.3 Å². The van der Waals surface area contributed by atoms with Crippen molar-refractivity contribution in [2.45, 2.75) is 30.6 Å². The van der Waals surface area contributed by atoms with E-state index in [0.29, 0.717) is 39.6 Å². The molecule has 3 heterocycles. The van der Waals surface area contributed by atoms with Crippen molar-refractivity contribution in [3.05, 3.63) is 117 Å². The summed E-state index contributed by atoms with van der Waals surface area (Å²) in [6.07, 6.45) is 0.761. The minimum Gasteiger partial charge on any atom is -0.493 e. The minimum absolute atomic E-state index is 0.0308. The van der Waals surface area contributed by atoms with Gasteiger partial charge in [0.15, 0.2) is 22.5 Å². The number of nitrogens with zero attached hydrogens (tertiary/aromatic N) is 5. The van der Waals surface area contributed by atoms with E-state index in [9.17, 15) is 9.59 Å². The molecule has 0 aliphatic carbocycles. The molecular formula is C34H31ClN6O4S2. The summed E-state index contributed by atoms with van der Waals surface area (Å²) in [7, 11) is 3.17. The molecule has 0 unspecified atom stereocenters. The average molecular weight is 687 g/mol. The number of thioether (sulfide) groups is 1. The van der Waals surface area contributed by atoms with Crippen molar-refractivity contribution in [1.29, 1.82) is 0 Å². The molecule has 6 rings (SSSR count). The normalized spacial score (nSPS) is 14.1. The number of hydrogen-bond acceptors (Lipinski definition) is 9. The SMILES string of the molecule is COc1cccc([C@@H]2CC(c3cccs3)=NN2C(=O)CSc2nnc(CNC(=O)Cc3ccccc3)n2-c2cccc(Cl)c2)c1OC. The van der Waals surface area contributed by atoms with E-state index in [4.69, 9.17) is 26.2 Å². The Kier molecular flexibility index (Phi) is 10.2. The number of amides is 2. The molecule has 2 amide bonds. The van der Waals surface area contributed by atoms with Crippen LogP contribution >= 0.6 is 34.7 Å². The number of hydrogen-bond donors (Lipinski definition) is 1. The highest BCUT2D eigenvalue weighted by Gasteiger charge is 2.36. The predicted molar refractivity (Wildman–Crippen MR) is 184 cm³/mol. The number of para-hydroxylation sites is 1.